The summed E-state index contributed by atoms with van der Waals surface area (Å²) in [5, 5.41) is 4.30. The highest BCUT2D eigenvalue weighted by molar-refractivity contribution is 9.10. The van der Waals surface area contributed by atoms with Crippen LogP contribution in [0.2, 0.25) is 0 Å². The second-order valence-electron chi connectivity index (χ2n) is 4.69. The van der Waals surface area contributed by atoms with E-state index in [4.69, 9.17) is 4.98 Å². The van der Waals surface area contributed by atoms with Crippen LogP contribution in [0.4, 0.5) is 4.39 Å². The zero-order valence-electron chi connectivity index (χ0n) is 10.5. The Bertz CT molecular complexity index is 611. The number of aromatic nitrogens is 1. The molecular weight excluding hydrogens is 327 g/mol. The van der Waals surface area contributed by atoms with E-state index >= 15 is 0 Å². The number of benzene rings is 1. The van der Waals surface area contributed by atoms with Crippen LogP contribution in [-0.4, -0.2) is 12.0 Å². The van der Waals surface area contributed by atoms with Gasteiger partial charge in [-0.15, -0.1) is 11.3 Å². The van der Waals surface area contributed by atoms with Gasteiger partial charge < -0.3 is 5.32 Å². The number of hydrogen-bond donors (Lipinski definition) is 1. The van der Waals surface area contributed by atoms with E-state index in [1.807, 2.05) is 7.05 Å². The number of hydrogen-bond acceptors (Lipinski definition) is 3. The molecule has 3 rings (SSSR count). The quantitative estimate of drug-likeness (QED) is 0.881. The lowest BCUT2D eigenvalue weighted by atomic mass is 9.98. The SMILES string of the molecule is CNC1CCCc2sc(-c3ccc(F)c(Br)c3)nc21. The van der Waals surface area contributed by atoms with Gasteiger partial charge in [-0.1, -0.05) is 0 Å². The molecule has 5 heteroatoms. The Morgan fingerprint density at radius 2 is 2.32 bits per heavy atom. The highest BCUT2D eigenvalue weighted by Crippen LogP contribution is 2.37. The zero-order valence-corrected chi connectivity index (χ0v) is 12.9. The van der Waals surface area contributed by atoms with Gasteiger partial charge in [0.1, 0.15) is 10.8 Å². The molecule has 19 heavy (non-hydrogen) atoms. The monoisotopic (exact) mass is 340 g/mol. The molecule has 0 aliphatic heterocycles. The van der Waals surface area contributed by atoms with E-state index in [9.17, 15) is 4.39 Å². The van der Waals surface area contributed by atoms with Crippen molar-refractivity contribution >= 4 is 27.3 Å². The number of rotatable bonds is 2. The Morgan fingerprint density at radius 1 is 1.47 bits per heavy atom. The van der Waals surface area contributed by atoms with Gasteiger partial charge >= 0.3 is 0 Å². The van der Waals surface area contributed by atoms with Gasteiger partial charge in [-0.05, 0) is 60.4 Å². The minimum absolute atomic E-state index is 0.238. The first-order chi connectivity index (χ1) is 9.19. The van der Waals surface area contributed by atoms with Crippen LogP contribution < -0.4 is 5.32 Å². The van der Waals surface area contributed by atoms with Gasteiger partial charge in [-0.2, -0.15) is 0 Å². The first-order valence-electron chi connectivity index (χ1n) is 6.31. The Hall–Kier alpha value is -0.780. The summed E-state index contributed by atoms with van der Waals surface area (Å²) in [6, 6.07) is 5.43. The number of thiazole rings is 1. The highest BCUT2D eigenvalue weighted by atomic mass is 79.9. The van der Waals surface area contributed by atoms with Crippen molar-refractivity contribution in [2.75, 3.05) is 7.05 Å². The van der Waals surface area contributed by atoms with Crippen LogP contribution >= 0.6 is 27.3 Å². The lowest BCUT2D eigenvalue weighted by Gasteiger charge is -2.19. The molecule has 0 saturated heterocycles. The van der Waals surface area contributed by atoms with Crippen molar-refractivity contribution in [3.8, 4) is 10.6 Å². The summed E-state index contributed by atoms with van der Waals surface area (Å²) in [6.07, 6.45) is 3.45. The van der Waals surface area contributed by atoms with E-state index < -0.39 is 0 Å². The van der Waals surface area contributed by atoms with Gasteiger partial charge in [0, 0.05) is 10.4 Å². The fourth-order valence-electron chi connectivity index (χ4n) is 2.45. The Kier molecular flexibility index (Phi) is 3.69. The summed E-state index contributed by atoms with van der Waals surface area (Å²) in [5.74, 6) is -0.238. The number of halogens is 2. The predicted octanol–water partition coefficient (Wildman–Crippen LogP) is 4.31. The second-order valence-corrected chi connectivity index (χ2v) is 6.63. The molecule has 100 valence electrons. The molecule has 2 nitrogen and oxygen atoms in total. The predicted molar refractivity (Wildman–Crippen MR) is 79.9 cm³/mol. The van der Waals surface area contributed by atoms with Gasteiger partial charge in [-0.25, -0.2) is 9.37 Å². The first-order valence-corrected chi connectivity index (χ1v) is 7.92. The van der Waals surface area contributed by atoms with Crippen molar-refractivity contribution in [1.29, 1.82) is 0 Å². The van der Waals surface area contributed by atoms with Crippen molar-refractivity contribution in [3.63, 3.8) is 0 Å². The molecule has 0 amide bonds. The summed E-state index contributed by atoms with van der Waals surface area (Å²) >= 11 is 4.96. The molecule has 1 aromatic carbocycles. The fraction of sp³-hybridized carbons (Fsp3) is 0.357. The van der Waals surface area contributed by atoms with E-state index in [-0.39, 0.29) is 5.82 Å². The van der Waals surface area contributed by atoms with Crippen molar-refractivity contribution in [3.05, 3.63) is 39.1 Å². The molecule has 1 N–H and O–H groups in total. The Labute approximate surface area is 124 Å². The van der Waals surface area contributed by atoms with Crippen LogP contribution in [0.1, 0.15) is 29.5 Å². The van der Waals surface area contributed by atoms with Gasteiger partial charge in [0.2, 0.25) is 0 Å². The van der Waals surface area contributed by atoms with Gasteiger partial charge in [-0.3, -0.25) is 0 Å². The van der Waals surface area contributed by atoms with Crippen LogP contribution in [0.3, 0.4) is 0 Å². The average molecular weight is 341 g/mol. The molecule has 0 spiro atoms. The first kappa shape index (κ1) is 13.2. The lowest BCUT2D eigenvalue weighted by Crippen LogP contribution is -2.21. The summed E-state index contributed by atoms with van der Waals surface area (Å²) in [5.41, 5.74) is 2.15. The molecule has 1 unspecified atom stereocenters. The summed E-state index contributed by atoms with van der Waals surface area (Å²) in [6.45, 7) is 0. The van der Waals surface area contributed by atoms with E-state index in [1.54, 1.807) is 23.5 Å². The molecule has 1 atom stereocenters. The molecule has 0 saturated carbocycles. The molecule has 1 aromatic heterocycles. The van der Waals surface area contributed by atoms with Gasteiger partial charge in [0.05, 0.1) is 16.2 Å². The molecule has 1 aliphatic rings. The average Bonchev–Trinajstić information content (AvgIpc) is 2.85. The van der Waals surface area contributed by atoms with Crippen LogP contribution in [0, 0.1) is 5.82 Å². The van der Waals surface area contributed by atoms with E-state index in [2.05, 4.69) is 21.2 Å². The number of nitrogens with zero attached hydrogens (tertiary/aromatic N) is 1. The number of fused-ring (bicyclic) bond motifs is 1. The minimum atomic E-state index is -0.238. The molecule has 2 aromatic rings. The van der Waals surface area contributed by atoms with E-state index in [1.165, 1.54) is 23.1 Å². The highest BCUT2D eigenvalue weighted by Gasteiger charge is 2.23. The van der Waals surface area contributed by atoms with E-state index in [0.717, 1.165) is 23.4 Å². The van der Waals surface area contributed by atoms with Gasteiger partial charge in [0.15, 0.2) is 0 Å². The summed E-state index contributed by atoms with van der Waals surface area (Å²) < 4.78 is 13.8. The standard InChI is InChI=1S/C14H14BrFN2S/c1-17-11-3-2-4-12-13(11)18-14(19-12)8-5-6-10(16)9(15)7-8/h5-7,11,17H,2-4H2,1H3. The number of aryl methyl sites for hydroxylation is 1. The summed E-state index contributed by atoms with van der Waals surface area (Å²) in [4.78, 5) is 6.12. The topological polar surface area (TPSA) is 24.9 Å². The molecular formula is C14H14BrFN2S. The fourth-order valence-corrected chi connectivity index (χ4v) is 3.99. The van der Waals surface area contributed by atoms with Crippen LogP contribution in [0.25, 0.3) is 10.6 Å². The lowest BCUT2D eigenvalue weighted by molar-refractivity contribution is 0.490. The second kappa shape index (κ2) is 5.31. The maximum absolute atomic E-state index is 13.3. The smallest absolute Gasteiger partial charge is 0.137 e. The number of nitrogens with one attached hydrogen (secondary N) is 1. The van der Waals surface area contributed by atoms with Crippen molar-refractivity contribution < 1.29 is 4.39 Å². The van der Waals surface area contributed by atoms with E-state index in [0.29, 0.717) is 10.5 Å². The van der Waals surface area contributed by atoms with Crippen LogP contribution in [0.15, 0.2) is 22.7 Å². The molecule has 0 fully saturated rings. The van der Waals surface area contributed by atoms with Gasteiger partial charge in [0.25, 0.3) is 0 Å². The molecule has 0 bridgehead atoms. The third kappa shape index (κ3) is 2.47. The minimum Gasteiger partial charge on any atom is -0.312 e. The normalized spacial score (nSPS) is 18.4. The molecule has 1 heterocycles. The molecule has 1 aliphatic carbocycles. The third-order valence-corrected chi connectivity index (χ3v) is 5.26. The zero-order chi connectivity index (χ0) is 13.4. The maximum Gasteiger partial charge on any atom is 0.137 e. The van der Waals surface area contributed by atoms with Crippen molar-refractivity contribution in [2.24, 2.45) is 0 Å². The maximum atomic E-state index is 13.3. The molecule has 0 radical (unpaired) electrons. The summed E-state index contributed by atoms with van der Waals surface area (Å²) in [7, 11) is 1.98. The van der Waals surface area contributed by atoms with Crippen molar-refractivity contribution in [1.82, 2.24) is 10.3 Å². The Balaban J connectivity index is 2.02. The van der Waals surface area contributed by atoms with Crippen molar-refractivity contribution in [2.45, 2.75) is 25.3 Å². The third-order valence-electron chi connectivity index (χ3n) is 3.47. The largest absolute Gasteiger partial charge is 0.312 e. The Morgan fingerprint density at radius 3 is 3.05 bits per heavy atom. The van der Waals surface area contributed by atoms with Crippen LogP contribution in [-0.2, 0) is 6.42 Å². The van der Waals surface area contributed by atoms with Crippen LogP contribution in [0.5, 0.6) is 0 Å².